The lowest BCUT2D eigenvalue weighted by molar-refractivity contribution is -0.147. The number of anilines is 1. The lowest BCUT2D eigenvalue weighted by Gasteiger charge is -2.36. The number of fused-ring (bicyclic) bond motifs is 2. The number of imide groups is 2. The fraction of sp³-hybridized carbons (Fsp3) is 0.457. The fourth-order valence-corrected chi connectivity index (χ4v) is 11.9. The number of para-hydroxylation sites is 1. The van der Waals surface area contributed by atoms with Crippen LogP contribution in [0.15, 0.2) is 77.7 Å². The first-order chi connectivity index (χ1) is 31.1. The maximum atomic E-state index is 16.6. The molecule has 4 fully saturated rings. The Labute approximate surface area is 378 Å². The predicted octanol–water partition coefficient (Wildman–Crippen LogP) is 7.38. The highest BCUT2D eigenvalue weighted by Crippen LogP contribution is 2.58. The monoisotopic (exact) mass is 930 g/mol. The smallest absolute Gasteiger partial charge is 0.355 e. The molecule has 2 unspecified atom stereocenters. The van der Waals surface area contributed by atoms with E-state index < -0.39 is 78.3 Å². The Morgan fingerprint density at radius 2 is 1.68 bits per heavy atom. The number of halogens is 1. The van der Waals surface area contributed by atoms with Gasteiger partial charge in [0.05, 0.1) is 17.2 Å². The van der Waals surface area contributed by atoms with Crippen LogP contribution in [-0.2, 0) is 28.5 Å². The number of esters is 1. The second-order valence-electron chi connectivity index (χ2n) is 17.4. The zero-order valence-electron chi connectivity index (χ0n) is 36.6. The van der Waals surface area contributed by atoms with Crippen LogP contribution in [0.2, 0.25) is 0 Å². The van der Waals surface area contributed by atoms with E-state index in [1.54, 1.807) is 30.3 Å². The molecule has 1 saturated carbocycles. The van der Waals surface area contributed by atoms with Crippen molar-refractivity contribution in [2.75, 3.05) is 11.5 Å². The third-order valence-electron chi connectivity index (χ3n) is 12.5. The molecule has 5 heterocycles. The molecule has 4 aromatic rings. The average molecular weight is 931 g/mol. The number of urea groups is 1. The van der Waals surface area contributed by atoms with Gasteiger partial charge in [-0.3, -0.25) is 33.3 Å². The topological polar surface area (TPSA) is 194 Å². The molecule has 6 amide bonds. The summed E-state index contributed by atoms with van der Waals surface area (Å²) in [5.41, 5.74) is -1.74. The summed E-state index contributed by atoms with van der Waals surface area (Å²) in [4.78, 5) is 100. The van der Waals surface area contributed by atoms with Crippen molar-refractivity contribution < 1.29 is 47.0 Å². The van der Waals surface area contributed by atoms with E-state index in [2.05, 4.69) is 10.4 Å². The third kappa shape index (κ3) is 8.75. The van der Waals surface area contributed by atoms with E-state index in [4.69, 9.17) is 9.26 Å². The standard InChI is InChI=1S/C46H52FN6O10PS/c1-5-23-62-43(58)28(4)49-64(61,63-33-12-7-6-8-13-33)39(47)29-15-18-36-30(24-29)25-37(65-36)40(55)48-34-14-10-9-11-31-16-17-35(51(31)41(34)56)42(57)53-45(60)52(44(59)46(53)20-21-46)32-19-22-50(27(2)3)38(54)26-32/h6-8,12-13,15,18-19,22,24-28,31,34-35,39H,5,9-11,14,16-17,20-21,23H2,1-4H3,(H,48,55)(H,49,61)/t28-,31-,34-,35-,39?,64?/m0/s1. The number of nitrogens with one attached hydrogen (secondary N) is 2. The molecule has 1 spiro atoms. The first kappa shape index (κ1) is 45.8. The van der Waals surface area contributed by atoms with Gasteiger partial charge in [-0.25, -0.2) is 24.1 Å². The number of ether oxygens (including phenoxy) is 1. The molecule has 3 aliphatic heterocycles. The molecule has 2 N–H and O–H groups in total. The van der Waals surface area contributed by atoms with Gasteiger partial charge in [-0.1, -0.05) is 44.0 Å². The molecule has 16 nitrogen and oxygen atoms in total. The van der Waals surface area contributed by atoms with Crippen LogP contribution in [0.3, 0.4) is 0 Å². The largest absolute Gasteiger partial charge is 0.465 e. The van der Waals surface area contributed by atoms with Gasteiger partial charge in [-0.2, -0.15) is 0 Å². The quantitative estimate of drug-likeness (QED) is 0.0728. The van der Waals surface area contributed by atoms with Crippen LogP contribution in [0, 0.1) is 0 Å². The molecule has 1 aliphatic carbocycles. The zero-order valence-corrected chi connectivity index (χ0v) is 38.3. The number of amides is 6. The van der Waals surface area contributed by atoms with E-state index in [0.29, 0.717) is 42.2 Å². The number of carbonyl (C=O) groups is 6. The van der Waals surface area contributed by atoms with Gasteiger partial charge in [0.15, 0.2) is 0 Å². The predicted molar refractivity (Wildman–Crippen MR) is 240 cm³/mol. The Hall–Kier alpha value is -5.71. The number of benzene rings is 2. The van der Waals surface area contributed by atoms with Gasteiger partial charge < -0.3 is 24.0 Å². The number of hydrogen-bond acceptors (Lipinski definition) is 11. The molecule has 4 aliphatic rings. The van der Waals surface area contributed by atoms with Gasteiger partial charge >= 0.3 is 19.5 Å². The Kier molecular flexibility index (Phi) is 12.9. The van der Waals surface area contributed by atoms with Crippen molar-refractivity contribution in [3.05, 3.63) is 93.7 Å². The van der Waals surface area contributed by atoms with E-state index in [1.165, 1.54) is 59.0 Å². The summed E-state index contributed by atoms with van der Waals surface area (Å²) in [5, 5.41) is 5.91. The Bertz CT molecular complexity index is 2650. The summed E-state index contributed by atoms with van der Waals surface area (Å²) >= 11 is 1.11. The Balaban J connectivity index is 0.997. The molecule has 8 rings (SSSR count). The van der Waals surface area contributed by atoms with Crippen molar-refractivity contribution in [3.8, 4) is 5.75 Å². The third-order valence-corrected chi connectivity index (χ3v) is 15.8. The van der Waals surface area contributed by atoms with E-state index in [1.807, 2.05) is 20.8 Å². The normalized spacial score (nSPS) is 22.3. The number of rotatable bonds is 14. The van der Waals surface area contributed by atoms with Crippen LogP contribution in [0.25, 0.3) is 10.1 Å². The average Bonchev–Trinajstić information content (AvgIpc) is 3.68. The molecular weight excluding hydrogens is 879 g/mol. The molecule has 19 heteroatoms. The van der Waals surface area contributed by atoms with Gasteiger partial charge in [-0.15, -0.1) is 11.3 Å². The van der Waals surface area contributed by atoms with Crippen molar-refractivity contribution in [2.45, 2.75) is 127 Å². The second-order valence-corrected chi connectivity index (χ2v) is 20.6. The van der Waals surface area contributed by atoms with Gasteiger partial charge in [0.1, 0.15) is 29.4 Å². The number of hydrogen-bond donors (Lipinski definition) is 2. The Morgan fingerprint density at radius 1 is 0.938 bits per heavy atom. The van der Waals surface area contributed by atoms with Crippen molar-refractivity contribution in [3.63, 3.8) is 0 Å². The lowest BCUT2D eigenvalue weighted by Crippen LogP contribution is -2.58. The summed E-state index contributed by atoms with van der Waals surface area (Å²) in [5.74, 6) is -5.11. The van der Waals surface area contributed by atoms with Crippen molar-refractivity contribution >= 4 is 70.3 Å². The first-order valence-electron chi connectivity index (χ1n) is 22.1. The molecular formula is C46H52FN6O10PS. The molecule has 3 saturated heterocycles. The summed E-state index contributed by atoms with van der Waals surface area (Å²) < 4.78 is 43.9. The number of alkyl halides is 1. The maximum Gasteiger partial charge on any atom is 0.355 e. The molecule has 2 aromatic heterocycles. The summed E-state index contributed by atoms with van der Waals surface area (Å²) in [7, 11) is -4.50. The summed E-state index contributed by atoms with van der Waals surface area (Å²) in [6.45, 7) is 7.03. The number of nitrogens with zero attached hydrogens (tertiary/aromatic N) is 4. The summed E-state index contributed by atoms with van der Waals surface area (Å²) in [6.07, 6.45) is 5.65. The molecule has 0 bridgehead atoms. The van der Waals surface area contributed by atoms with Crippen molar-refractivity contribution in [1.82, 2.24) is 24.8 Å². The van der Waals surface area contributed by atoms with Crippen LogP contribution in [0.4, 0.5) is 14.9 Å². The first-order valence-corrected chi connectivity index (χ1v) is 24.6. The van der Waals surface area contributed by atoms with E-state index in [-0.39, 0.29) is 59.8 Å². The number of carbonyl (C=O) groups excluding carboxylic acids is 6. The molecule has 0 radical (unpaired) electrons. The van der Waals surface area contributed by atoms with Crippen LogP contribution < -0.4 is 25.4 Å². The fourth-order valence-electron chi connectivity index (χ4n) is 9.04. The molecule has 344 valence electrons. The highest BCUT2D eigenvalue weighted by molar-refractivity contribution is 7.57. The maximum absolute atomic E-state index is 16.6. The van der Waals surface area contributed by atoms with Gasteiger partial charge in [0.2, 0.25) is 11.8 Å². The minimum atomic E-state index is -4.50. The molecule has 65 heavy (non-hydrogen) atoms. The van der Waals surface area contributed by atoms with Crippen LogP contribution in [-0.4, -0.2) is 86.3 Å². The van der Waals surface area contributed by atoms with E-state index in [9.17, 15) is 38.1 Å². The van der Waals surface area contributed by atoms with E-state index >= 15 is 4.39 Å². The van der Waals surface area contributed by atoms with Crippen molar-refractivity contribution in [1.29, 1.82) is 0 Å². The van der Waals surface area contributed by atoms with Crippen LogP contribution in [0.5, 0.6) is 5.75 Å². The van der Waals surface area contributed by atoms with Crippen molar-refractivity contribution in [2.24, 2.45) is 0 Å². The highest BCUT2D eigenvalue weighted by atomic mass is 32.1. The number of thiophene rings is 1. The van der Waals surface area contributed by atoms with Gasteiger partial charge in [0.25, 0.3) is 23.3 Å². The Morgan fingerprint density at radius 3 is 2.37 bits per heavy atom. The minimum Gasteiger partial charge on any atom is -0.465 e. The minimum absolute atomic E-state index is 0.0263. The van der Waals surface area contributed by atoms with Gasteiger partial charge in [-0.05, 0) is 113 Å². The molecule has 6 atom stereocenters. The summed E-state index contributed by atoms with van der Waals surface area (Å²) in [6, 6.07) is 12.2. The van der Waals surface area contributed by atoms with Crippen LogP contribution in [0.1, 0.15) is 113 Å². The number of pyridine rings is 1. The zero-order chi connectivity index (χ0) is 46.4. The van der Waals surface area contributed by atoms with E-state index in [0.717, 1.165) is 27.6 Å². The lowest BCUT2D eigenvalue weighted by atomic mass is 9.99. The second kappa shape index (κ2) is 18.3. The van der Waals surface area contributed by atoms with Gasteiger partial charge in [0, 0.05) is 29.0 Å². The van der Waals surface area contributed by atoms with Crippen LogP contribution >= 0.6 is 18.9 Å². The highest BCUT2D eigenvalue weighted by Gasteiger charge is 2.68. The molecule has 2 aromatic carbocycles. The number of aromatic nitrogens is 1. The SMILES string of the molecule is CCCOC(=O)[C@H](C)NP(=O)(Oc1ccccc1)C(F)c1ccc2sc(C(=O)N[C@H]3CCCC[C@H]4CC[C@@H](C(=O)N5C(=O)N(c6ccn(C(C)C)c(=O)c6)C(=O)C56CC6)N4C3=O)cc2c1.